The molecule has 1 heterocycles. The fourth-order valence-electron chi connectivity index (χ4n) is 3.83. The first-order chi connectivity index (χ1) is 13.6. The van der Waals surface area contributed by atoms with Gasteiger partial charge in [0.2, 0.25) is 0 Å². The first kappa shape index (κ1) is 20.8. The second kappa shape index (κ2) is 9.50. The summed E-state index contributed by atoms with van der Waals surface area (Å²) in [5, 5.41) is 3.49. The van der Waals surface area contributed by atoms with Crippen molar-refractivity contribution in [1.82, 2.24) is 10.2 Å². The molecule has 6 nitrogen and oxygen atoms in total. The molecule has 3 rings (SSSR count). The molecule has 28 heavy (non-hydrogen) atoms. The molecule has 0 unspecified atom stereocenters. The third kappa shape index (κ3) is 4.90. The molecule has 1 aliphatic heterocycles. The molecule has 1 aromatic rings. The lowest BCUT2D eigenvalue weighted by molar-refractivity contribution is 0.129. The lowest BCUT2D eigenvalue weighted by atomic mass is 9.99. The maximum Gasteiger partial charge on any atom is 0.194 e. The van der Waals surface area contributed by atoms with Gasteiger partial charge < -0.3 is 24.4 Å². The van der Waals surface area contributed by atoms with E-state index in [4.69, 9.17) is 19.2 Å². The smallest absolute Gasteiger partial charge is 0.194 e. The number of nitrogens with one attached hydrogen (secondary N) is 1. The van der Waals surface area contributed by atoms with Crippen molar-refractivity contribution in [1.29, 1.82) is 0 Å². The zero-order valence-corrected chi connectivity index (χ0v) is 17.8. The van der Waals surface area contributed by atoms with Crippen LogP contribution in [0.2, 0.25) is 0 Å². The van der Waals surface area contributed by atoms with Crippen LogP contribution in [0.1, 0.15) is 44.2 Å². The Morgan fingerprint density at radius 1 is 1.14 bits per heavy atom. The van der Waals surface area contributed by atoms with Crippen molar-refractivity contribution in [3.8, 4) is 11.5 Å². The highest BCUT2D eigenvalue weighted by Crippen LogP contribution is 2.49. The number of benzene rings is 1. The number of ether oxygens (including phenoxy) is 3. The van der Waals surface area contributed by atoms with Gasteiger partial charge in [0.1, 0.15) is 0 Å². The molecular weight excluding hydrogens is 354 g/mol. The number of methoxy groups -OCH3 is 2. The van der Waals surface area contributed by atoms with Crippen molar-refractivity contribution in [2.45, 2.75) is 46.1 Å². The van der Waals surface area contributed by atoms with Gasteiger partial charge in [0.25, 0.3) is 0 Å². The molecule has 1 saturated carbocycles. The van der Waals surface area contributed by atoms with E-state index >= 15 is 0 Å². The molecule has 0 atom stereocenters. The molecule has 0 amide bonds. The van der Waals surface area contributed by atoms with E-state index in [1.165, 1.54) is 24.0 Å². The molecule has 6 heteroatoms. The predicted octanol–water partition coefficient (Wildman–Crippen LogP) is 3.23. The maximum atomic E-state index is 5.56. The van der Waals surface area contributed by atoms with Crippen LogP contribution in [-0.4, -0.2) is 57.9 Å². The summed E-state index contributed by atoms with van der Waals surface area (Å²) in [6.45, 7) is 9.39. The van der Waals surface area contributed by atoms with Crippen LogP contribution >= 0.6 is 0 Å². The third-order valence-corrected chi connectivity index (χ3v) is 5.85. The summed E-state index contributed by atoms with van der Waals surface area (Å²) in [4.78, 5) is 7.38. The lowest BCUT2D eigenvalue weighted by Crippen LogP contribution is -2.44. The molecule has 1 aromatic carbocycles. The van der Waals surface area contributed by atoms with E-state index < -0.39 is 0 Å². The quantitative estimate of drug-likeness (QED) is 0.399. The number of hydrogen-bond donors (Lipinski definition) is 1. The minimum absolute atomic E-state index is 0.361. The van der Waals surface area contributed by atoms with E-state index in [-0.39, 0.29) is 0 Å². The van der Waals surface area contributed by atoms with Gasteiger partial charge in [-0.3, -0.25) is 4.99 Å². The van der Waals surface area contributed by atoms with Crippen molar-refractivity contribution < 1.29 is 14.2 Å². The summed E-state index contributed by atoms with van der Waals surface area (Å²) in [6.07, 6.45) is 4.63. The summed E-state index contributed by atoms with van der Waals surface area (Å²) in [5.74, 6) is 2.61. The summed E-state index contributed by atoms with van der Waals surface area (Å²) in [7, 11) is 3.38. The molecule has 1 fully saturated rings. The lowest BCUT2D eigenvalue weighted by Gasteiger charge is -2.32. The molecule has 0 spiro atoms. The molecule has 2 aliphatic rings. The maximum absolute atomic E-state index is 5.56. The van der Waals surface area contributed by atoms with Gasteiger partial charge in [0, 0.05) is 39.4 Å². The summed E-state index contributed by atoms with van der Waals surface area (Å²) in [6, 6.07) is 4.22. The third-order valence-electron chi connectivity index (χ3n) is 5.85. The van der Waals surface area contributed by atoms with Crippen LogP contribution in [0, 0.1) is 5.41 Å². The van der Waals surface area contributed by atoms with Crippen LogP contribution in [-0.2, 0) is 17.7 Å². The van der Waals surface area contributed by atoms with Gasteiger partial charge in [-0.05, 0) is 68.2 Å². The minimum Gasteiger partial charge on any atom is -0.493 e. The first-order valence-corrected chi connectivity index (χ1v) is 10.5. The van der Waals surface area contributed by atoms with Gasteiger partial charge in [-0.1, -0.05) is 0 Å². The second-order valence-corrected chi connectivity index (χ2v) is 7.76. The molecule has 0 radical (unpaired) electrons. The van der Waals surface area contributed by atoms with E-state index in [1.807, 2.05) is 0 Å². The highest BCUT2D eigenvalue weighted by molar-refractivity contribution is 5.80. The van der Waals surface area contributed by atoms with Crippen LogP contribution in [0.3, 0.4) is 0 Å². The summed E-state index contributed by atoms with van der Waals surface area (Å²) < 4.78 is 16.5. The Hall–Kier alpha value is -1.95. The van der Waals surface area contributed by atoms with E-state index in [0.717, 1.165) is 69.7 Å². The Balaban J connectivity index is 1.70. The fourth-order valence-corrected chi connectivity index (χ4v) is 3.83. The molecular formula is C22H35N3O3. The van der Waals surface area contributed by atoms with Crippen LogP contribution in [0.4, 0.5) is 0 Å². The van der Waals surface area contributed by atoms with E-state index in [0.29, 0.717) is 5.41 Å². The monoisotopic (exact) mass is 389 g/mol. The SMILES string of the molecule is CCNC(=NCC1(CCOCC)CC1)N1CCc2cc(OC)c(OC)cc2C1. The average molecular weight is 390 g/mol. The Labute approximate surface area is 169 Å². The van der Waals surface area contributed by atoms with Gasteiger partial charge in [-0.15, -0.1) is 0 Å². The zero-order valence-electron chi connectivity index (χ0n) is 17.8. The van der Waals surface area contributed by atoms with Gasteiger partial charge in [-0.25, -0.2) is 0 Å². The molecule has 0 bridgehead atoms. The largest absolute Gasteiger partial charge is 0.493 e. The van der Waals surface area contributed by atoms with Gasteiger partial charge in [-0.2, -0.15) is 0 Å². The van der Waals surface area contributed by atoms with Gasteiger partial charge >= 0.3 is 0 Å². The number of aliphatic imine (C=N–C) groups is 1. The highest BCUT2D eigenvalue weighted by Gasteiger charge is 2.42. The topological polar surface area (TPSA) is 55.3 Å². The fraction of sp³-hybridized carbons (Fsp3) is 0.682. The van der Waals surface area contributed by atoms with Crippen LogP contribution in [0.5, 0.6) is 11.5 Å². The number of rotatable bonds is 9. The Bertz CT molecular complexity index is 686. The van der Waals surface area contributed by atoms with Crippen LogP contribution < -0.4 is 14.8 Å². The predicted molar refractivity (Wildman–Crippen MR) is 112 cm³/mol. The Morgan fingerprint density at radius 2 is 1.86 bits per heavy atom. The van der Waals surface area contributed by atoms with Gasteiger partial charge in [0.15, 0.2) is 17.5 Å². The highest BCUT2D eigenvalue weighted by atomic mass is 16.5. The van der Waals surface area contributed by atoms with Crippen molar-refractivity contribution in [2.24, 2.45) is 10.4 Å². The first-order valence-electron chi connectivity index (χ1n) is 10.5. The minimum atomic E-state index is 0.361. The summed E-state index contributed by atoms with van der Waals surface area (Å²) in [5.41, 5.74) is 2.98. The van der Waals surface area contributed by atoms with Crippen LogP contribution in [0.25, 0.3) is 0 Å². The molecule has 1 N–H and O–H groups in total. The molecule has 1 aliphatic carbocycles. The number of hydrogen-bond acceptors (Lipinski definition) is 4. The van der Waals surface area contributed by atoms with E-state index in [1.54, 1.807) is 14.2 Å². The van der Waals surface area contributed by atoms with Crippen LogP contribution in [0.15, 0.2) is 17.1 Å². The van der Waals surface area contributed by atoms with Crippen molar-refractivity contribution >= 4 is 5.96 Å². The normalized spacial score (nSPS) is 17.9. The number of guanidine groups is 1. The summed E-state index contributed by atoms with van der Waals surface area (Å²) >= 11 is 0. The average Bonchev–Trinajstić information content (AvgIpc) is 3.49. The van der Waals surface area contributed by atoms with E-state index in [2.05, 4.69) is 36.2 Å². The molecule has 0 saturated heterocycles. The number of nitrogens with zero attached hydrogens (tertiary/aromatic N) is 2. The van der Waals surface area contributed by atoms with Crippen molar-refractivity contribution in [3.63, 3.8) is 0 Å². The zero-order chi connectivity index (χ0) is 20.0. The van der Waals surface area contributed by atoms with Crippen molar-refractivity contribution in [3.05, 3.63) is 23.3 Å². The molecule has 156 valence electrons. The molecule has 0 aromatic heterocycles. The Kier molecular flexibility index (Phi) is 7.05. The van der Waals surface area contributed by atoms with Crippen molar-refractivity contribution in [2.75, 3.05) is 47.1 Å². The van der Waals surface area contributed by atoms with Gasteiger partial charge in [0.05, 0.1) is 14.2 Å². The standard InChI is InChI=1S/C22H35N3O3/c1-5-23-21(24-16-22(8-9-22)10-12-28-6-2)25-11-7-17-13-19(26-3)20(27-4)14-18(17)15-25/h13-14H,5-12,15-16H2,1-4H3,(H,23,24). The number of fused-ring (bicyclic) bond motifs is 1. The Morgan fingerprint density at radius 3 is 2.46 bits per heavy atom. The second-order valence-electron chi connectivity index (χ2n) is 7.76. The van der Waals surface area contributed by atoms with E-state index in [9.17, 15) is 0 Å².